The molecule has 1 aliphatic rings. The summed E-state index contributed by atoms with van der Waals surface area (Å²) in [6.45, 7) is 4.13. The Morgan fingerprint density at radius 1 is 1.48 bits per heavy atom. The molecule has 5 heteroatoms. The molecule has 1 atom stereocenters. The topological polar surface area (TPSA) is 61.7 Å². The van der Waals surface area contributed by atoms with Gasteiger partial charge in [-0.15, -0.1) is 11.3 Å². The van der Waals surface area contributed by atoms with Gasteiger partial charge in [0.05, 0.1) is 24.9 Å². The molecule has 1 unspecified atom stereocenters. The van der Waals surface area contributed by atoms with Crippen LogP contribution in [0.25, 0.3) is 0 Å². The predicted octanol–water partition coefficient (Wildman–Crippen LogP) is 2.16. The second-order valence-electron chi connectivity index (χ2n) is 6.29. The monoisotopic (exact) mass is 313 g/mol. The molecule has 120 valence electrons. The van der Waals surface area contributed by atoms with E-state index in [2.05, 4.69) is 12.2 Å². The van der Waals surface area contributed by atoms with Crippen molar-refractivity contribution in [3.8, 4) is 0 Å². The fourth-order valence-corrected chi connectivity index (χ4v) is 3.34. The van der Waals surface area contributed by atoms with Crippen LogP contribution in [0.3, 0.4) is 0 Å². The Hall–Kier alpha value is -0.460. The molecule has 0 bridgehead atoms. The number of aliphatic hydroxyl groups is 2. The summed E-state index contributed by atoms with van der Waals surface area (Å²) in [4.78, 5) is 1.17. The molecule has 4 nitrogen and oxygen atoms in total. The van der Waals surface area contributed by atoms with Crippen molar-refractivity contribution in [2.45, 2.75) is 50.9 Å². The third kappa shape index (κ3) is 6.04. The number of ether oxygens (including phenoxy) is 1. The highest BCUT2D eigenvalue weighted by atomic mass is 32.1. The van der Waals surface area contributed by atoms with Gasteiger partial charge in [-0.1, -0.05) is 13.0 Å². The third-order valence-corrected chi connectivity index (χ3v) is 5.02. The summed E-state index contributed by atoms with van der Waals surface area (Å²) >= 11 is 1.66. The molecule has 1 aromatic rings. The summed E-state index contributed by atoms with van der Waals surface area (Å²) in [6, 6.07) is 4.02. The predicted molar refractivity (Wildman–Crippen MR) is 85.4 cm³/mol. The minimum atomic E-state index is -0.593. The fourth-order valence-electron chi connectivity index (χ4n) is 2.70. The normalized spacial score (nSPS) is 27.7. The fraction of sp³-hybridized carbons (Fsp3) is 0.750. The summed E-state index contributed by atoms with van der Waals surface area (Å²) in [5.74, 6) is 0.724. The van der Waals surface area contributed by atoms with Gasteiger partial charge in [-0.2, -0.15) is 0 Å². The van der Waals surface area contributed by atoms with Gasteiger partial charge in [-0.3, -0.25) is 0 Å². The number of hydrogen-bond acceptors (Lipinski definition) is 5. The average Bonchev–Trinajstić information content (AvgIpc) is 2.96. The Morgan fingerprint density at radius 3 is 2.90 bits per heavy atom. The van der Waals surface area contributed by atoms with E-state index in [0.717, 1.165) is 31.6 Å². The zero-order chi connectivity index (χ0) is 15.1. The second-order valence-corrected chi connectivity index (χ2v) is 7.32. The van der Waals surface area contributed by atoms with Crippen LogP contribution in [0, 0.1) is 5.92 Å². The minimum absolute atomic E-state index is 0.320. The Balaban J connectivity index is 1.55. The van der Waals surface area contributed by atoms with Crippen LogP contribution in [-0.4, -0.2) is 41.6 Å². The number of nitrogens with one attached hydrogen (secondary N) is 1. The van der Waals surface area contributed by atoms with Crippen LogP contribution in [0.5, 0.6) is 0 Å². The van der Waals surface area contributed by atoms with Gasteiger partial charge in [0.1, 0.15) is 0 Å². The van der Waals surface area contributed by atoms with Crippen molar-refractivity contribution in [3.63, 3.8) is 0 Å². The molecule has 21 heavy (non-hydrogen) atoms. The lowest BCUT2D eigenvalue weighted by Crippen LogP contribution is -2.45. The van der Waals surface area contributed by atoms with E-state index in [9.17, 15) is 10.2 Å². The SMILES string of the molecule is CC1CCC(O)(CNCC(O)COCc2cccs2)CC1. The quantitative estimate of drug-likeness (QED) is 0.688. The molecule has 1 saturated carbocycles. The van der Waals surface area contributed by atoms with Gasteiger partial charge in [0, 0.05) is 18.0 Å². The molecule has 0 radical (unpaired) electrons. The van der Waals surface area contributed by atoms with E-state index in [1.54, 1.807) is 11.3 Å². The lowest BCUT2D eigenvalue weighted by atomic mass is 9.79. The molecule has 1 fully saturated rings. The summed E-state index contributed by atoms with van der Waals surface area (Å²) in [7, 11) is 0. The van der Waals surface area contributed by atoms with E-state index in [1.165, 1.54) is 4.88 Å². The largest absolute Gasteiger partial charge is 0.389 e. The van der Waals surface area contributed by atoms with Gasteiger partial charge in [0.2, 0.25) is 0 Å². The van der Waals surface area contributed by atoms with Crippen LogP contribution in [0.15, 0.2) is 17.5 Å². The molecular formula is C16H27NO3S. The Kier molecular flexibility index (Phi) is 6.64. The molecular weight excluding hydrogens is 286 g/mol. The minimum Gasteiger partial charge on any atom is -0.389 e. The Bertz CT molecular complexity index is 388. The molecule has 0 aromatic carbocycles. The standard InChI is InChI=1S/C16H27NO3S/c1-13-4-6-16(19,7-5-13)12-17-9-14(18)10-20-11-15-3-2-8-21-15/h2-3,8,13-14,17-19H,4-7,9-12H2,1H3. The van der Waals surface area contributed by atoms with Crippen molar-refractivity contribution in [2.24, 2.45) is 5.92 Å². The smallest absolute Gasteiger partial charge is 0.0897 e. The van der Waals surface area contributed by atoms with Crippen molar-refractivity contribution in [1.29, 1.82) is 0 Å². The average molecular weight is 313 g/mol. The van der Waals surface area contributed by atoms with Crippen molar-refractivity contribution in [2.75, 3.05) is 19.7 Å². The molecule has 0 aliphatic heterocycles. The summed E-state index contributed by atoms with van der Waals surface area (Å²) in [5.41, 5.74) is -0.593. The number of aliphatic hydroxyl groups excluding tert-OH is 1. The molecule has 3 N–H and O–H groups in total. The molecule has 1 heterocycles. The lowest BCUT2D eigenvalue weighted by Gasteiger charge is -2.35. The molecule has 0 spiro atoms. The maximum Gasteiger partial charge on any atom is 0.0897 e. The zero-order valence-corrected chi connectivity index (χ0v) is 13.6. The van der Waals surface area contributed by atoms with Crippen molar-refractivity contribution in [1.82, 2.24) is 5.32 Å². The van der Waals surface area contributed by atoms with E-state index in [1.807, 2.05) is 17.5 Å². The van der Waals surface area contributed by atoms with Gasteiger partial charge >= 0.3 is 0 Å². The van der Waals surface area contributed by atoms with Crippen LogP contribution in [-0.2, 0) is 11.3 Å². The van der Waals surface area contributed by atoms with E-state index < -0.39 is 11.7 Å². The summed E-state index contributed by atoms with van der Waals surface area (Å²) in [6.07, 6.45) is 3.35. The molecule has 2 rings (SSSR count). The van der Waals surface area contributed by atoms with Crippen molar-refractivity contribution in [3.05, 3.63) is 22.4 Å². The van der Waals surface area contributed by atoms with E-state index in [4.69, 9.17) is 4.74 Å². The number of hydrogen-bond donors (Lipinski definition) is 3. The number of thiophene rings is 1. The van der Waals surface area contributed by atoms with Crippen molar-refractivity contribution < 1.29 is 14.9 Å². The molecule has 1 aromatic heterocycles. The van der Waals surface area contributed by atoms with Gasteiger partial charge in [-0.25, -0.2) is 0 Å². The first-order chi connectivity index (χ1) is 10.1. The maximum absolute atomic E-state index is 10.4. The molecule has 1 aliphatic carbocycles. The first kappa shape index (κ1) is 16.9. The number of rotatable bonds is 8. The highest BCUT2D eigenvalue weighted by molar-refractivity contribution is 7.09. The summed E-state index contributed by atoms with van der Waals surface area (Å²) in [5, 5.41) is 25.5. The molecule has 0 amide bonds. The highest BCUT2D eigenvalue weighted by Gasteiger charge is 2.31. The van der Waals surface area contributed by atoms with Gasteiger partial charge in [-0.05, 0) is 43.0 Å². The van der Waals surface area contributed by atoms with Gasteiger partial charge in [0.15, 0.2) is 0 Å². The first-order valence-corrected chi connectivity index (χ1v) is 8.67. The third-order valence-electron chi connectivity index (χ3n) is 4.17. The Morgan fingerprint density at radius 2 is 2.24 bits per heavy atom. The lowest BCUT2D eigenvalue weighted by molar-refractivity contribution is -0.0124. The van der Waals surface area contributed by atoms with Crippen molar-refractivity contribution >= 4 is 11.3 Å². The van der Waals surface area contributed by atoms with Crippen LogP contribution in [0.2, 0.25) is 0 Å². The molecule has 0 saturated heterocycles. The van der Waals surface area contributed by atoms with E-state index >= 15 is 0 Å². The zero-order valence-electron chi connectivity index (χ0n) is 12.8. The highest BCUT2D eigenvalue weighted by Crippen LogP contribution is 2.31. The van der Waals surface area contributed by atoms with Gasteiger partial charge in [0.25, 0.3) is 0 Å². The second kappa shape index (κ2) is 8.25. The first-order valence-electron chi connectivity index (χ1n) is 7.79. The van der Waals surface area contributed by atoms with Gasteiger partial charge < -0.3 is 20.3 Å². The summed E-state index contributed by atoms with van der Waals surface area (Å²) < 4.78 is 5.48. The van der Waals surface area contributed by atoms with Crippen LogP contribution in [0.4, 0.5) is 0 Å². The van der Waals surface area contributed by atoms with E-state index in [0.29, 0.717) is 26.3 Å². The van der Waals surface area contributed by atoms with Crippen LogP contribution < -0.4 is 5.32 Å². The maximum atomic E-state index is 10.4. The Labute approximate surface area is 131 Å². The van der Waals surface area contributed by atoms with E-state index in [-0.39, 0.29) is 0 Å². The van der Waals surface area contributed by atoms with Crippen LogP contribution >= 0.6 is 11.3 Å². The van der Waals surface area contributed by atoms with Crippen LogP contribution in [0.1, 0.15) is 37.5 Å².